The molecule has 0 saturated carbocycles. The van der Waals surface area contributed by atoms with Gasteiger partial charge in [-0.05, 0) is 59.8 Å². The third-order valence-electron chi connectivity index (χ3n) is 8.94. The average molecular weight is 666 g/mol. The Bertz CT molecular complexity index is 1530. The van der Waals surface area contributed by atoms with E-state index in [9.17, 15) is 14.8 Å². The van der Waals surface area contributed by atoms with E-state index < -0.39 is 0 Å². The van der Waals surface area contributed by atoms with Crippen LogP contribution in [0.4, 0.5) is 10.5 Å². The van der Waals surface area contributed by atoms with E-state index in [0.29, 0.717) is 47.5 Å². The molecule has 3 aromatic rings. The summed E-state index contributed by atoms with van der Waals surface area (Å²) in [6, 6.07) is 15.1. The first-order valence-electron chi connectivity index (χ1n) is 15.1. The molecule has 0 spiro atoms. The number of para-hydroxylation sites is 1. The van der Waals surface area contributed by atoms with Gasteiger partial charge in [-0.1, -0.05) is 18.2 Å². The van der Waals surface area contributed by atoms with Crippen LogP contribution in [0, 0.1) is 12.1 Å². The number of amides is 2. The van der Waals surface area contributed by atoms with Gasteiger partial charge in [0.25, 0.3) is 5.91 Å². The zero-order valence-electron chi connectivity index (χ0n) is 25.0. The van der Waals surface area contributed by atoms with Crippen LogP contribution in [0.3, 0.4) is 0 Å². The van der Waals surface area contributed by atoms with Crippen molar-refractivity contribution in [3.8, 4) is 11.5 Å². The third-order valence-corrected chi connectivity index (χ3v) is 9.56. The fourth-order valence-electron chi connectivity index (χ4n) is 6.36. The van der Waals surface area contributed by atoms with Crippen molar-refractivity contribution in [3.63, 3.8) is 0 Å². The van der Waals surface area contributed by atoms with Crippen LogP contribution in [0.25, 0.3) is 0 Å². The number of ether oxygens (including phenoxy) is 3. The minimum atomic E-state index is -0.330. The Balaban J connectivity index is 1.06. The Morgan fingerprint density at radius 3 is 2.55 bits per heavy atom. The van der Waals surface area contributed by atoms with Crippen LogP contribution in [0.5, 0.6) is 11.5 Å². The Hall–Kier alpha value is -3.83. The molecule has 6 rings (SSSR count). The zero-order valence-corrected chi connectivity index (χ0v) is 26.6. The van der Waals surface area contributed by atoms with Gasteiger partial charge in [-0.25, -0.2) is 4.79 Å². The predicted octanol–water partition coefficient (Wildman–Crippen LogP) is 5.20. The Morgan fingerprint density at radius 2 is 1.80 bits per heavy atom. The minimum absolute atomic E-state index is 0.0285. The van der Waals surface area contributed by atoms with E-state index in [1.807, 2.05) is 42.2 Å². The van der Waals surface area contributed by atoms with E-state index >= 15 is 0 Å². The van der Waals surface area contributed by atoms with Crippen molar-refractivity contribution in [1.29, 1.82) is 0 Å². The summed E-state index contributed by atoms with van der Waals surface area (Å²) in [5.41, 5.74) is 4.13. The molecule has 2 aromatic carbocycles. The molecule has 1 aromatic heterocycles. The number of carbonyl (C=O) groups is 2. The number of halogens is 1. The minimum Gasteiger partial charge on any atom is -0.619 e. The topological polar surface area (TPSA) is 98.5 Å². The van der Waals surface area contributed by atoms with E-state index in [1.165, 1.54) is 6.20 Å². The molecular weight excluding hydrogens is 628 g/mol. The SMILES string of the molecule is COc1cc(OC2CCN(Cc3ccc[n+]([O-])c3C)CC2)c(Br)cc1C(=O)N1CCC(N2C(=O)OCc3ccccc32)CC1. The number of benzene rings is 2. The summed E-state index contributed by atoms with van der Waals surface area (Å²) in [7, 11) is 1.56. The van der Waals surface area contributed by atoms with Crippen molar-refractivity contribution < 1.29 is 28.5 Å². The van der Waals surface area contributed by atoms with E-state index in [-0.39, 0.29) is 30.8 Å². The number of pyridine rings is 1. The highest BCUT2D eigenvalue weighted by atomic mass is 79.9. The summed E-state index contributed by atoms with van der Waals surface area (Å²) in [6.45, 7) is 5.64. The largest absolute Gasteiger partial charge is 0.619 e. The standard InChI is InChI=1S/C33H37BrN4O6/c1-22-23(7-5-13-37(22)41)20-35-14-11-26(12-15-35)44-31-19-30(42-2)27(18-28(31)34)32(39)36-16-9-25(10-17-36)38-29-8-4-3-6-24(29)21-43-33(38)40/h3-8,13,18-19,25-26H,9-12,14-17,20-21H2,1-2H3. The van der Waals surface area contributed by atoms with Gasteiger partial charge < -0.3 is 24.3 Å². The van der Waals surface area contributed by atoms with Crippen LogP contribution >= 0.6 is 15.9 Å². The number of methoxy groups -OCH3 is 1. The highest BCUT2D eigenvalue weighted by molar-refractivity contribution is 9.10. The molecule has 0 bridgehead atoms. The number of piperidine rings is 2. The molecule has 0 unspecified atom stereocenters. The van der Waals surface area contributed by atoms with Gasteiger partial charge >= 0.3 is 6.09 Å². The Labute approximate surface area is 265 Å². The lowest BCUT2D eigenvalue weighted by Crippen LogP contribution is -2.50. The van der Waals surface area contributed by atoms with Gasteiger partial charge in [-0.2, -0.15) is 4.73 Å². The second-order valence-electron chi connectivity index (χ2n) is 11.6. The van der Waals surface area contributed by atoms with Crippen molar-refractivity contribution in [2.75, 3.05) is 38.2 Å². The van der Waals surface area contributed by atoms with E-state index in [0.717, 1.165) is 59.7 Å². The smallest absolute Gasteiger partial charge is 0.414 e. The van der Waals surface area contributed by atoms with E-state index in [4.69, 9.17) is 14.2 Å². The van der Waals surface area contributed by atoms with Crippen molar-refractivity contribution in [1.82, 2.24) is 9.80 Å². The van der Waals surface area contributed by atoms with Crippen LogP contribution in [0.15, 0.2) is 59.2 Å². The normalized spacial score (nSPS) is 18.1. The van der Waals surface area contributed by atoms with Crippen LogP contribution < -0.4 is 19.1 Å². The van der Waals surface area contributed by atoms with Gasteiger partial charge in [-0.15, -0.1) is 0 Å². The van der Waals surface area contributed by atoms with Gasteiger partial charge in [0, 0.05) is 68.9 Å². The molecule has 0 radical (unpaired) electrons. The maximum absolute atomic E-state index is 13.7. The molecule has 0 atom stereocenters. The molecule has 0 N–H and O–H groups in total. The Kier molecular flexibility index (Phi) is 8.95. The van der Waals surface area contributed by atoms with Gasteiger partial charge in [0.05, 0.1) is 22.8 Å². The molecule has 44 heavy (non-hydrogen) atoms. The fraction of sp³-hybridized carbons (Fsp3) is 0.424. The molecule has 10 nitrogen and oxygen atoms in total. The summed E-state index contributed by atoms with van der Waals surface area (Å²) >= 11 is 3.63. The third kappa shape index (κ3) is 6.21. The monoisotopic (exact) mass is 664 g/mol. The number of cyclic esters (lactones) is 1. The number of aromatic nitrogens is 1. The number of hydrogen-bond acceptors (Lipinski definition) is 7. The van der Waals surface area contributed by atoms with E-state index in [2.05, 4.69) is 20.8 Å². The van der Waals surface area contributed by atoms with Crippen molar-refractivity contribution >= 4 is 33.6 Å². The molecule has 0 aliphatic carbocycles. The molecule has 2 amide bonds. The first-order chi connectivity index (χ1) is 21.3. The number of likely N-dealkylation sites (tertiary alicyclic amines) is 2. The second-order valence-corrected chi connectivity index (χ2v) is 12.5. The molecular formula is C33H37BrN4O6. The van der Waals surface area contributed by atoms with Gasteiger partial charge in [-0.3, -0.25) is 14.6 Å². The molecule has 3 aliphatic heterocycles. The van der Waals surface area contributed by atoms with Crippen LogP contribution in [0.2, 0.25) is 0 Å². The highest BCUT2D eigenvalue weighted by Gasteiger charge is 2.36. The lowest BCUT2D eigenvalue weighted by molar-refractivity contribution is -0.612. The Morgan fingerprint density at radius 1 is 1.05 bits per heavy atom. The lowest BCUT2D eigenvalue weighted by atomic mass is 10.00. The average Bonchev–Trinajstić information content (AvgIpc) is 3.04. The molecule has 2 fully saturated rings. The number of nitrogens with zero attached hydrogens (tertiary/aromatic N) is 4. The quantitative estimate of drug-likeness (QED) is 0.253. The number of carbonyl (C=O) groups excluding carboxylic acids is 2. The number of anilines is 1. The maximum Gasteiger partial charge on any atom is 0.414 e. The van der Waals surface area contributed by atoms with Crippen LogP contribution in [-0.4, -0.2) is 67.2 Å². The second kappa shape index (κ2) is 13.0. The van der Waals surface area contributed by atoms with Gasteiger partial charge in [0.1, 0.15) is 24.2 Å². The maximum atomic E-state index is 13.7. The summed E-state index contributed by atoms with van der Waals surface area (Å²) in [5, 5.41) is 11.9. The summed E-state index contributed by atoms with van der Waals surface area (Å²) < 4.78 is 19.1. The van der Waals surface area contributed by atoms with Crippen molar-refractivity contribution in [3.05, 3.63) is 86.8 Å². The number of rotatable bonds is 7. The number of hydrogen-bond donors (Lipinski definition) is 0. The van der Waals surface area contributed by atoms with Crippen LogP contribution in [0.1, 0.15) is 52.9 Å². The van der Waals surface area contributed by atoms with Gasteiger partial charge in [0.15, 0.2) is 11.9 Å². The molecule has 11 heteroatoms. The fourth-order valence-corrected chi connectivity index (χ4v) is 6.80. The lowest BCUT2D eigenvalue weighted by Gasteiger charge is -2.40. The molecule has 2 saturated heterocycles. The summed E-state index contributed by atoms with van der Waals surface area (Å²) in [4.78, 5) is 32.3. The van der Waals surface area contributed by atoms with Crippen LogP contribution in [-0.2, 0) is 17.9 Å². The predicted molar refractivity (Wildman–Crippen MR) is 168 cm³/mol. The van der Waals surface area contributed by atoms with E-state index in [1.54, 1.807) is 30.2 Å². The zero-order chi connectivity index (χ0) is 30.8. The molecule has 4 heterocycles. The van der Waals surface area contributed by atoms with Crippen molar-refractivity contribution in [2.24, 2.45) is 0 Å². The first kappa shape index (κ1) is 30.2. The first-order valence-corrected chi connectivity index (χ1v) is 15.9. The molecule has 3 aliphatic rings. The highest BCUT2D eigenvalue weighted by Crippen LogP contribution is 2.37. The van der Waals surface area contributed by atoms with Crippen molar-refractivity contribution in [2.45, 2.75) is 57.9 Å². The molecule has 232 valence electrons. The van der Waals surface area contributed by atoms with Gasteiger partial charge in [0.2, 0.25) is 0 Å². The number of fused-ring (bicyclic) bond motifs is 1. The summed E-state index contributed by atoms with van der Waals surface area (Å²) in [5.74, 6) is 0.994. The summed E-state index contributed by atoms with van der Waals surface area (Å²) in [6.07, 6.45) is 4.23.